The highest BCUT2D eigenvalue weighted by molar-refractivity contribution is 6.33. The normalized spacial score (nSPS) is 22.5. The SMILES string of the molecule is CCc1cccc(-c2c(Cl)cccc2C(O)(CCCNC(=O)OC)C2CCCN(C(=O)C3CCC(NC)C3)C2)c1. The van der Waals surface area contributed by atoms with Crippen molar-refractivity contribution in [2.75, 3.05) is 33.8 Å². The van der Waals surface area contributed by atoms with Gasteiger partial charge in [0.2, 0.25) is 5.91 Å². The molecular formula is C32H44ClN3O4. The molecule has 2 aliphatic rings. The van der Waals surface area contributed by atoms with E-state index in [1.807, 2.05) is 42.3 Å². The molecule has 0 bridgehead atoms. The fourth-order valence-electron chi connectivity index (χ4n) is 6.60. The Labute approximate surface area is 243 Å². The highest BCUT2D eigenvalue weighted by atomic mass is 35.5. The van der Waals surface area contributed by atoms with Crippen LogP contribution >= 0.6 is 11.6 Å². The van der Waals surface area contributed by atoms with Crippen LogP contribution in [0.1, 0.15) is 63.0 Å². The Morgan fingerprint density at radius 2 is 1.98 bits per heavy atom. The van der Waals surface area contributed by atoms with Crippen molar-refractivity contribution in [1.29, 1.82) is 0 Å². The Bertz CT molecular complexity index is 1170. The van der Waals surface area contributed by atoms with E-state index in [-0.39, 0.29) is 17.7 Å². The second-order valence-electron chi connectivity index (χ2n) is 11.3. The molecule has 2 amide bonds. The minimum absolute atomic E-state index is 0.0343. The van der Waals surface area contributed by atoms with Crippen LogP contribution in [0.4, 0.5) is 4.79 Å². The maximum absolute atomic E-state index is 13.6. The zero-order chi connectivity index (χ0) is 28.7. The number of alkyl carbamates (subject to hydrolysis) is 1. The van der Waals surface area contributed by atoms with Gasteiger partial charge in [-0.2, -0.15) is 0 Å². The molecule has 3 N–H and O–H groups in total. The molecule has 2 aromatic carbocycles. The summed E-state index contributed by atoms with van der Waals surface area (Å²) in [5.41, 5.74) is 2.53. The van der Waals surface area contributed by atoms with E-state index in [2.05, 4.69) is 29.7 Å². The molecule has 2 aromatic rings. The van der Waals surface area contributed by atoms with Gasteiger partial charge in [-0.15, -0.1) is 0 Å². The molecule has 7 nitrogen and oxygen atoms in total. The van der Waals surface area contributed by atoms with Gasteiger partial charge < -0.3 is 25.4 Å². The van der Waals surface area contributed by atoms with E-state index in [9.17, 15) is 14.7 Å². The van der Waals surface area contributed by atoms with E-state index in [1.54, 1.807) is 0 Å². The molecule has 2 fully saturated rings. The molecule has 8 heteroatoms. The largest absolute Gasteiger partial charge is 0.453 e. The van der Waals surface area contributed by atoms with Gasteiger partial charge >= 0.3 is 6.09 Å². The molecular weight excluding hydrogens is 526 g/mol. The number of amides is 2. The molecule has 1 saturated carbocycles. The summed E-state index contributed by atoms with van der Waals surface area (Å²) in [7, 11) is 3.30. The Kier molecular flexibility index (Phi) is 10.5. The van der Waals surface area contributed by atoms with Crippen LogP contribution in [0, 0.1) is 11.8 Å². The Morgan fingerprint density at radius 1 is 1.18 bits per heavy atom. The van der Waals surface area contributed by atoms with Gasteiger partial charge in [-0.1, -0.05) is 54.9 Å². The third kappa shape index (κ3) is 6.81. The van der Waals surface area contributed by atoms with Crippen molar-refractivity contribution in [3.63, 3.8) is 0 Å². The number of halogens is 1. The molecule has 218 valence electrons. The van der Waals surface area contributed by atoms with Crippen molar-refractivity contribution in [2.24, 2.45) is 11.8 Å². The van der Waals surface area contributed by atoms with Crippen molar-refractivity contribution in [2.45, 2.75) is 69.9 Å². The smallest absolute Gasteiger partial charge is 0.406 e. The number of carbonyl (C=O) groups excluding carboxylic acids is 2. The first kappa shape index (κ1) is 30.4. The number of likely N-dealkylation sites (tertiary alicyclic amines) is 1. The topological polar surface area (TPSA) is 90.9 Å². The van der Waals surface area contributed by atoms with Crippen molar-refractivity contribution >= 4 is 23.6 Å². The number of nitrogens with one attached hydrogen (secondary N) is 2. The Hall–Kier alpha value is -2.61. The summed E-state index contributed by atoms with van der Waals surface area (Å²) < 4.78 is 4.72. The Balaban J connectivity index is 1.67. The zero-order valence-corrected chi connectivity index (χ0v) is 24.8. The number of hydrogen-bond acceptors (Lipinski definition) is 5. The third-order valence-corrected chi connectivity index (χ3v) is 9.21. The fraction of sp³-hybridized carbons (Fsp3) is 0.562. The number of hydrogen-bond donors (Lipinski definition) is 3. The fourth-order valence-corrected chi connectivity index (χ4v) is 6.88. The first-order valence-corrected chi connectivity index (χ1v) is 15.1. The van der Waals surface area contributed by atoms with Crippen molar-refractivity contribution in [3.05, 3.63) is 58.6 Å². The number of ether oxygens (including phenoxy) is 1. The second kappa shape index (κ2) is 13.8. The zero-order valence-electron chi connectivity index (χ0n) is 24.0. The molecule has 0 aromatic heterocycles. The molecule has 4 rings (SSSR count). The number of rotatable bonds is 10. The molecule has 4 unspecified atom stereocenters. The quantitative estimate of drug-likeness (QED) is 0.328. The van der Waals surface area contributed by atoms with Crippen molar-refractivity contribution < 1.29 is 19.4 Å². The van der Waals surface area contributed by atoms with Crippen LogP contribution in [0.15, 0.2) is 42.5 Å². The summed E-state index contributed by atoms with van der Waals surface area (Å²) in [5.74, 6) is 0.0718. The highest BCUT2D eigenvalue weighted by Gasteiger charge is 2.44. The highest BCUT2D eigenvalue weighted by Crippen LogP contribution is 2.46. The molecule has 4 atom stereocenters. The average molecular weight is 570 g/mol. The van der Waals surface area contributed by atoms with E-state index in [0.29, 0.717) is 37.0 Å². The summed E-state index contributed by atoms with van der Waals surface area (Å²) in [6.45, 7) is 3.71. The number of piperidine rings is 1. The van der Waals surface area contributed by atoms with Crippen LogP contribution in [0.25, 0.3) is 11.1 Å². The number of methoxy groups -OCH3 is 1. The number of aryl methyl sites for hydroxylation is 1. The first-order chi connectivity index (χ1) is 19.3. The number of nitrogens with zero attached hydrogens (tertiary/aromatic N) is 1. The predicted molar refractivity (Wildman–Crippen MR) is 159 cm³/mol. The monoisotopic (exact) mass is 569 g/mol. The standard InChI is InChI=1S/C32H44ClN3O4/c1-4-22-9-5-10-23(19-22)29-27(12-6-13-28(29)33)32(39,16-8-17-35-31(38)40-3)25-11-7-18-36(21-25)30(37)24-14-15-26(20-24)34-2/h5-6,9-10,12-13,19,24-26,34,39H,4,7-8,11,14-18,20-21H2,1-3H3,(H,35,38). The summed E-state index contributed by atoms with van der Waals surface area (Å²) in [6, 6.07) is 14.4. The number of aliphatic hydroxyl groups is 1. The lowest BCUT2D eigenvalue weighted by molar-refractivity contribution is -0.140. The molecule has 0 radical (unpaired) electrons. The van der Waals surface area contributed by atoms with Crippen LogP contribution in [0.3, 0.4) is 0 Å². The summed E-state index contributed by atoms with van der Waals surface area (Å²) in [6.07, 6.45) is 5.79. The van der Waals surface area contributed by atoms with Gasteiger partial charge in [0.15, 0.2) is 0 Å². The van der Waals surface area contributed by atoms with Crippen LogP contribution < -0.4 is 10.6 Å². The van der Waals surface area contributed by atoms with Gasteiger partial charge in [-0.3, -0.25) is 4.79 Å². The second-order valence-corrected chi connectivity index (χ2v) is 11.7. The molecule has 1 heterocycles. The van der Waals surface area contributed by atoms with E-state index in [1.165, 1.54) is 12.7 Å². The minimum atomic E-state index is -1.25. The van der Waals surface area contributed by atoms with Gasteiger partial charge in [-0.25, -0.2) is 4.79 Å². The Morgan fingerprint density at radius 3 is 2.70 bits per heavy atom. The molecule has 0 spiro atoms. The molecule has 1 aliphatic carbocycles. The lowest BCUT2D eigenvalue weighted by Crippen LogP contribution is -2.49. The van der Waals surface area contributed by atoms with Crippen LogP contribution in [-0.2, 0) is 21.6 Å². The average Bonchev–Trinajstić information content (AvgIpc) is 3.48. The van der Waals surface area contributed by atoms with E-state index in [4.69, 9.17) is 16.3 Å². The lowest BCUT2D eigenvalue weighted by atomic mass is 9.72. The van der Waals surface area contributed by atoms with E-state index >= 15 is 0 Å². The van der Waals surface area contributed by atoms with Gasteiger partial charge in [0.1, 0.15) is 0 Å². The third-order valence-electron chi connectivity index (χ3n) is 8.89. The first-order valence-electron chi connectivity index (χ1n) is 14.7. The number of carbonyl (C=O) groups is 2. The summed E-state index contributed by atoms with van der Waals surface area (Å²) >= 11 is 6.86. The molecule has 40 heavy (non-hydrogen) atoms. The van der Waals surface area contributed by atoms with E-state index in [0.717, 1.165) is 61.8 Å². The maximum atomic E-state index is 13.6. The summed E-state index contributed by atoms with van der Waals surface area (Å²) in [5, 5.41) is 19.4. The van der Waals surface area contributed by atoms with Gasteiger partial charge in [0, 0.05) is 48.1 Å². The molecule has 1 saturated heterocycles. The van der Waals surface area contributed by atoms with Gasteiger partial charge in [0.05, 0.1) is 12.7 Å². The van der Waals surface area contributed by atoms with Gasteiger partial charge in [-0.05, 0) is 81.2 Å². The van der Waals surface area contributed by atoms with Crippen molar-refractivity contribution in [1.82, 2.24) is 15.5 Å². The van der Waals surface area contributed by atoms with Crippen LogP contribution in [-0.4, -0.2) is 61.8 Å². The summed E-state index contributed by atoms with van der Waals surface area (Å²) in [4.78, 5) is 27.2. The number of benzene rings is 2. The molecule has 1 aliphatic heterocycles. The van der Waals surface area contributed by atoms with Gasteiger partial charge in [0.25, 0.3) is 0 Å². The van der Waals surface area contributed by atoms with Crippen LogP contribution in [0.2, 0.25) is 5.02 Å². The lowest BCUT2D eigenvalue weighted by Gasteiger charge is -2.44. The van der Waals surface area contributed by atoms with Crippen molar-refractivity contribution in [3.8, 4) is 11.1 Å². The predicted octanol–water partition coefficient (Wildman–Crippen LogP) is 5.52. The maximum Gasteiger partial charge on any atom is 0.406 e. The van der Waals surface area contributed by atoms with Crippen LogP contribution in [0.5, 0.6) is 0 Å². The van der Waals surface area contributed by atoms with E-state index < -0.39 is 11.7 Å². The minimum Gasteiger partial charge on any atom is -0.453 e.